The maximum absolute atomic E-state index is 13.4. The number of carbonyl (C=O) groups is 1. The molecule has 3 aromatic rings. The highest BCUT2D eigenvalue weighted by Crippen LogP contribution is 2.45. The van der Waals surface area contributed by atoms with Gasteiger partial charge in [-0.25, -0.2) is 27.6 Å². The van der Waals surface area contributed by atoms with Crippen LogP contribution in [0.5, 0.6) is 5.88 Å². The molecule has 1 aliphatic carbocycles. The number of nitrogens with zero attached hydrogens (tertiary/aromatic N) is 4. The van der Waals surface area contributed by atoms with E-state index in [1.165, 1.54) is 43.4 Å². The lowest BCUT2D eigenvalue weighted by molar-refractivity contribution is 0.136. The largest absolute Gasteiger partial charge is 0.416 e. The van der Waals surface area contributed by atoms with E-state index in [1.54, 1.807) is 34.9 Å². The molecule has 284 valence electrons. The molecule has 0 aliphatic heterocycles. The Balaban J connectivity index is 1.56. The Morgan fingerprint density at radius 1 is 1.04 bits per heavy atom. The molecule has 2 N–H and O–H groups in total. The Bertz CT molecular complexity index is 1770. The number of carbonyl (C=O) groups excluding carboxylic acids is 1. The molecule has 11 heteroatoms. The first-order valence-corrected chi connectivity index (χ1v) is 21.0. The lowest BCUT2D eigenvalue weighted by Crippen LogP contribution is -2.34. The van der Waals surface area contributed by atoms with Gasteiger partial charge in [0.05, 0.1) is 12.3 Å². The standard InChI is InChI=1S/C41H60N6O4S/c1-8-11-12-13-14-15-16-17-18-19-25-52(49,50)45-34-22-20-21-33(28-34)38-43-39-36(29-35-31(5)26-30(4)27-32(35)6)37(42-7)40(47(39)44-38)51-41(48)46(23-9-2)24-10-3/h9-10,20-22,28,30-32,35,45H,2-3,8,11-19,23-27,29H2,1,4-6H3,(H,43,44). The minimum Gasteiger partial charge on any atom is -0.402 e. The zero-order valence-electron chi connectivity index (χ0n) is 31.8. The van der Waals surface area contributed by atoms with E-state index in [9.17, 15) is 13.2 Å². The van der Waals surface area contributed by atoms with Crippen molar-refractivity contribution >= 4 is 33.1 Å². The van der Waals surface area contributed by atoms with Gasteiger partial charge in [-0.1, -0.05) is 110 Å². The first-order chi connectivity index (χ1) is 25.0. The van der Waals surface area contributed by atoms with Gasteiger partial charge in [0.2, 0.25) is 15.9 Å². The second-order valence-electron chi connectivity index (χ2n) is 14.9. The fourth-order valence-corrected chi connectivity index (χ4v) is 9.07. The van der Waals surface area contributed by atoms with E-state index in [-0.39, 0.29) is 30.4 Å². The number of anilines is 1. The lowest BCUT2D eigenvalue weighted by atomic mass is 9.67. The molecule has 1 aliphatic rings. The maximum Gasteiger partial charge on any atom is 0.416 e. The third-order valence-corrected chi connectivity index (χ3v) is 11.9. The van der Waals surface area contributed by atoms with Gasteiger partial charge in [-0.05, 0) is 61.5 Å². The predicted molar refractivity (Wildman–Crippen MR) is 212 cm³/mol. The average molecular weight is 733 g/mol. The van der Waals surface area contributed by atoms with Gasteiger partial charge < -0.3 is 9.64 Å². The minimum atomic E-state index is -3.53. The third kappa shape index (κ3) is 11.0. The van der Waals surface area contributed by atoms with E-state index in [4.69, 9.17) is 16.3 Å². The monoisotopic (exact) mass is 732 g/mol. The summed E-state index contributed by atoms with van der Waals surface area (Å²) in [6, 6.07) is 7.11. The summed E-state index contributed by atoms with van der Waals surface area (Å²) >= 11 is 0. The van der Waals surface area contributed by atoms with Crippen LogP contribution in [0.25, 0.3) is 21.9 Å². The van der Waals surface area contributed by atoms with Crippen LogP contribution in [-0.4, -0.2) is 52.9 Å². The number of ether oxygens (including phenoxy) is 1. The summed E-state index contributed by atoms with van der Waals surface area (Å²) in [6.45, 7) is 25.3. The van der Waals surface area contributed by atoms with Gasteiger partial charge in [-0.15, -0.1) is 13.2 Å². The van der Waals surface area contributed by atoms with Gasteiger partial charge in [-0.2, -0.15) is 0 Å². The van der Waals surface area contributed by atoms with Crippen LogP contribution in [0.15, 0.2) is 49.6 Å². The van der Waals surface area contributed by atoms with Crippen molar-refractivity contribution in [2.45, 2.75) is 111 Å². The highest BCUT2D eigenvalue weighted by Gasteiger charge is 2.35. The summed E-state index contributed by atoms with van der Waals surface area (Å²) in [5, 5.41) is 3.26. The Kier molecular flexibility index (Phi) is 15.4. The number of rotatable bonds is 21. The van der Waals surface area contributed by atoms with E-state index in [2.05, 4.69) is 55.5 Å². The summed E-state index contributed by atoms with van der Waals surface area (Å²) in [7, 11) is -3.53. The quantitative estimate of drug-likeness (QED) is 0.0643. The summed E-state index contributed by atoms with van der Waals surface area (Å²) in [5.74, 6) is 2.51. The summed E-state index contributed by atoms with van der Waals surface area (Å²) in [6.07, 6.45) is 16.8. The second-order valence-corrected chi connectivity index (χ2v) is 16.8. The second kappa shape index (κ2) is 19.7. The minimum absolute atomic E-state index is 0.0708. The Morgan fingerprint density at radius 2 is 1.65 bits per heavy atom. The van der Waals surface area contributed by atoms with Gasteiger partial charge in [0.25, 0.3) is 5.69 Å². The normalized spacial score (nSPS) is 18.9. The number of benzene rings is 1. The van der Waals surface area contributed by atoms with Crippen molar-refractivity contribution in [3.8, 4) is 17.3 Å². The molecule has 1 aromatic carbocycles. The number of hydrogen-bond donors (Lipinski definition) is 2. The van der Waals surface area contributed by atoms with Gasteiger partial charge in [-0.3, -0.25) is 9.82 Å². The van der Waals surface area contributed by atoms with Crippen LogP contribution >= 0.6 is 0 Å². The molecule has 0 saturated heterocycles. The SMILES string of the molecule is [C-]#[N+]c1c(CC2C(C)CC(C)CC2C)c2nc(-c3cccc(NS(=O)(=O)CCCCCCCCCCCC)c3)[nH]n2c1OC(=O)N(CC=C)CC=C. The van der Waals surface area contributed by atoms with Crippen LogP contribution in [0.1, 0.15) is 110 Å². The van der Waals surface area contributed by atoms with E-state index in [0.717, 1.165) is 37.7 Å². The van der Waals surface area contributed by atoms with Crippen molar-refractivity contribution in [1.29, 1.82) is 0 Å². The number of nitrogens with one attached hydrogen (secondary N) is 2. The van der Waals surface area contributed by atoms with Crippen LogP contribution in [0, 0.1) is 30.2 Å². The number of sulfonamides is 1. The number of hydrogen-bond acceptors (Lipinski definition) is 5. The number of H-pyrrole nitrogens is 1. The molecule has 0 spiro atoms. The highest BCUT2D eigenvalue weighted by atomic mass is 32.2. The molecular weight excluding hydrogens is 673 g/mol. The van der Waals surface area contributed by atoms with Crippen LogP contribution in [-0.2, 0) is 16.4 Å². The number of unbranched alkanes of at least 4 members (excludes halogenated alkanes) is 9. The molecule has 52 heavy (non-hydrogen) atoms. The van der Waals surface area contributed by atoms with Crippen molar-refractivity contribution in [3.05, 3.63) is 66.6 Å². The molecule has 10 nitrogen and oxygen atoms in total. The van der Waals surface area contributed by atoms with Crippen molar-refractivity contribution < 1.29 is 17.9 Å². The Morgan fingerprint density at radius 3 is 2.25 bits per heavy atom. The molecule has 0 bridgehead atoms. The molecule has 2 atom stereocenters. The Hall–Kier alpha value is -4.04. The number of aromatic amines is 1. The summed E-state index contributed by atoms with van der Waals surface area (Å²) in [4.78, 5) is 23.7. The topological polar surface area (TPSA) is 113 Å². The number of fused-ring (bicyclic) bond motifs is 1. The number of aromatic nitrogens is 3. The first-order valence-electron chi connectivity index (χ1n) is 19.3. The van der Waals surface area contributed by atoms with Crippen molar-refractivity contribution in [3.63, 3.8) is 0 Å². The first kappa shape index (κ1) is 40.7. The van der Waals surface area contributed by atoms with E-state index in [1.807, 2.05) is 6.07 Å². The number of amides is 1. The van der Waals surface area contributed by atoms with Gasteiger partial charge in [0.15, 0.2) is 5.82 Å². The average Bonchev–Trinajstić information content (AvgIpc) is 3.64. The molecule has 1 amide bonds. The molecule has 2 unspecified atom stereocenters. The van der Waals surface area contributed by atoms with E-state index < -0.39 is 16.1 Å². The molecular formula is C41H60N6O4S. The zero-order valence-corrected chi connectivity index (χ0v) is 32.6. The van der Waals surface area contributed by atoms with Gasteiger partial charge in [0, 0.05) is 29.9 Å². The fourth-order valence-electron chi connectivity index (χ4n) is 7.89. The molecule has 4 rings (SSSR count). The molecule has 0 radical (unpaired) electrons. The molecule has 1 fully saturated rings. The van der Waals surface area contributed by atoms with Crippen LogP contribution in [0.2, 0.25) is 0 Å². The van der Waals surface area contributed by atoms with Crippen LogP contribution < -0.4 is 9.46 Å². The fraction of sp³-hybridized carbons (Fsp3) is 0.585. The van der Waals surface area contributed by atoms with Gasteiger partial charge >= 0.3 is 6.09 Å². The van der Waals surface area contributed by atoms with Crippen LogP contribution in [0.4, 0.5) is 16.2 Å². The van der Waals surface area contributed by atoms with E-state index in [0.29, 0.717) is 59.2 Å². The Labute approximate surface area is 312 Å². The molecule has 2 aromatic heterocycles. The maximum atomic E-state index is 13.4. The van der Waals surface area contributed by atoms with Crippen molar-refractivity contribution in [2.75, 3.05) is 23.6 Å². The zero-order chi connectivity index (χ0) is 37.7. The van der Waals surface area contributed by atoms with Crippen LogP contribution in [0.3, 0.4) is 0 Å². The van der Waals surface area contributed by atoms with Crippen molar-refractivity contribution in [1.82, 2.24) is 19.5 Å². The third-order valence-electron chi connectivity index (χ3n) is 10.5. The smallest absolute Gasteiger partial charge is 0.402 e. The van der Waals surface area contributed by atoms with Gasteiger partial charge in [0.1, 0.15) is 5.65 Å². The molecule has 2 heterocycles. The summed E-state index contributed by atoms with van der Waals surface area (Å²) in [5.41, 5.74) is 2.63. The summed E-state index contributed by atoms with van der Waals surface area (Å²) < 4.78 is 36.3. The lowest BCUT2D eigenvalue weighted by Gasteiger charge is -2.38. The predicted octanol–water partition coefficient (Wildman–Crippen LogP) is 10.6. The highest BCUT2D eigenvalue weighted by molar-refractivity contribution is 7.92. The van der Waals surface area contributed by atoms with E-state index >= 15 is 0 Å². The van der Waals surface area contributed by atoms with Crippen molar-refractivity contribution in [2.24, 2.45) is 23.7 Å². The molecule has 1 saturated carbocycles.